The van der Waals surface area contributed by atoms with Crippen LogP contribution in [0.1, 0.15) is 61.1 Å². The van der Waals surface area contributed by atoms with E-state index >= 15 is 0 Å². The van der Waals surface area contributed by atoms with Crippen LogP contribution < -0.4 is 4.90 Å². The van der Waals surface area contributed by atoms with E-state index in [9.17, 15) is 0 Å². The maximum Gasteiger partial charge on any atom is 0.0719 e. The van der Waals surface area contributed by atoms with Crippen LogP contribution in [0, 0.1) is 0 Å². The lowest BCUT2D eigenvalue weighted by Gasteiger charge is -2.34. The number of benzene rings is 9. The fourth-order valence-electron chi connectivity index (χ4n) is 11.7. The summed E-state index contributed by atoms with van der Waals surface area (Å²) in [4.78, 5) is 2.40. The molecule has 0 amide bonds. The van der Waals surface area contributed by atoms with Crippen LogP contribution in [0.3, 0.4) is 0 Å². The summed E-state index contributed by atoms with van der Waals surface area (Å²) < 4.78 is 0. The summed E-state index contributed by atoms with van der Waals surface area (Å²) in [5.74, 6) is 0. The van der Waals surface area contributed by atoms with E-state index in [4.69, 9.17) is 0 Å². The molecule has 1 atom stereocenters. The molecule has 3 aliphatic rings. The zero-order valence-corrected chi connectivity index (χ0v) is 41.3. The highest BCUT2D eigenvalue weighted by Crippen LogP contribution is 2.59. The fraction of sp³-hybridized carbons (Fsp3) is 0.0845. The second-order valence-electron chi connectivity index (χ2n) is 19.7. The van der Waals surface area contributed by atoms with Gasteiger partial charge in [-0.05, 0) is 169 Å². The number of rotatable bonds is 10. The van der Waals surface area contributed by atoms with E-state index < -0.39 is 5.41 Å². The van der Waals surface area contributed by atoms with Crippen molar-refractivity contribution >= 4 is 22.6 Å². The second kappa shape index (κ2) is 18.2. The van der Waals surface area contributed by atoms with Crippen LogP contribution in [0.4, 0.5) is 17.1 Å². The van der Waals surface area contributed by atoms with Crippen molar-refractivity contribution < 1.29 is 0 Å². The first-order chi connectivity index (χ1) is 35.3. The molecule has 0 saturated heterocycles. The first kappa shape index (κ1) is 44.5. The van der Waals surface area contributed by atoms with Gasteiger partial charge < -0.3 is 4.90 Å². The van der Waals surface area contributed by atoms with Gasteiger partial charge in [0.1, 0.15) is 0 Å². The lowest BCUT2D eigenvalue weighted by Crippen LogP contribution is -2.29. The van der Waals surface area contributed by atoms with E-state index in [2.05, 4.69) is 293 Å². The van der Waals surface area contributed by atoms with E-state index in [1.165, 1.54) is 100 Å². The molecule has 0 aliphatic heterocycles. The Balaban J connectivity index is 0.919. The van der Waals surface area contributed by atoms with E-state index in [1.54, 1.807) is 0 Å². The van der Waals surface area contributed by atoms with Crippen molar-refractivity contribution in [3.8, 4) is 55.6 Å². The number of hydrogen-bond donors (Lipinski definition) is 0. The summed E-state index contributed by atoms with van der Waals surface area (Å²) >= 11 is 0. The number of fused-ring (bicyclic) bond motifs is 6. The molecule has 72 heavy (non-hydrogen) atoms. The van der Waals surface area contributed by atoms with Gasteiger partial charge >= 0.3 is 0 Å². The standard InChI is InChI=1S/C71H55N/c1-5-6-20-49(2)61-28-19-30-66-69(61)64-45-39-55(47-68(64)71(66,57-25-15-10-16-26-57)56-23-13-7-8-14-24-56)54-33-31-51(32-34-54)53-37-42-59(43-38-53)72(58-40-35-52(36-41-58)50-21-11-9-12-22-50)60-44-46-63-62-27-17-18-29-65(62)70(3,4)67(63)48-60/h5-13,15-48H,1-4H3/b6-5-,49-20+. The van der Waals surface area contributed by atoms with E-state index in [0.717, 1.165) is 17.1 Å². The molecule has 9 aromatic rings. The molecule has 0 radical (unpaired) electrons. The van der Waals surface area contributed by atoms with Crippen LogP contribution >= 0.6 is 0 Å². The predicted molar refractivity (Wildman–Crippen MR) is 305 cm³/mol. The Morgan fingerprint density at radius 2 is 1.03 bits per heavy atom. The molecule has 12 rings (SSSR count). The minimum Gasteiger partial charge on any atom is -0.310 e. The zero-order valence-electron chi connectivity index (χ0n) is 41.3. The average Bonchev–Trinajstić information content (AvgIpc) is 3.66. The molecule has 1 nitrogen and oxygen atoms in total. The van der Waals surface area contributed by atoms with Crippen LogP contribution in [0.5, 0.6) is 0 Å². The summed E-state index contributed by atoms with van der Waals surface area (Å²) in [6.45, 7) is 9.01. The Morgan fingerprint density at radius 3 is 1.72 bits per heavy atom. The lowest BCUT2D eigenvalue weighted by atomic mass is 9.66. The molecular formula is C71H55N. The Morgan fingerprint density at radius 1 is 0.472 bits per heavy atom. The van der Waals surface area contributed by atoms with Gasteiger partial charge in [0.2, 0.25) is 0 Å². The third-order valence-electron chi connectivity index (χ3n) is 15.3. The van der Waals surface area contributed by atoms with Crippen molar-refractivity contribution in [1.82, 2.24) is 0 Å². The zero-order chi connectivity index (χ0) is 48.8. The first-order valence-electron chi connectivity index (χ1n) is 25.2. The first-order valence-corrected chi connectivity index (χ1v) is 25.2. The summed E-state index contributed by atoms with van der Waals surface area (Å²) in [5.41, 5.74) is 28.7. The molecule has 1 unspecified atom stereocenters. The molecule has 0 bridgehead atoms. The summed E-state index contributed by atoms with van der Waals surface area (Å²) in [5, 5.41) is 0. The molecule has 9 aromatic carbocycles. The largest absolute Gasteiger partial charge is 0.310 e. The number of allylic oxidation sites excluding steroid dienone is 9. The molecule has 0 N–H and O–H groups in total. The van der Waals surface area contributed by atoms with Gasteiger partial charge in [0.25, 0.3) is 0 Å². The molecule has 1 heteroatoms. The number of anilines is 3. The van der Waals surface area contributed by atoms with Crippen LogP contribution in [0.15, 0.2) is 272 Å². The quantitative estimate of drug-likeness (QED) is 0.0976. The van der Waals surface area contributed by atoms with Crippen LogP contribution in [-0.2, 0) is 10.8 Å². The van der Waals surface area contributed by atoms with Crippen molar-refractivity contribution in [2.75, 3.05) is 4.90 Å². The molecule has 0 saturated carbocycles. The Kier molecular flexibility index (Phi) is 11.2. The topological polar surface area (TPSA) is 3.24 Å². The molecular weight excluding hydrogens is 867 g/mol. The van der Waals surface area contributed by atoms with E-state index in [-0.39, 0.29) is 5.41 Å². The average molecular weight is 922 g/mol. The van der Waals surface area contributed by atoms with Crippen LogP contribution in [0.2, 0.25) is 0 Å². The fourth-order valence-corrected chi connectivity index (χ4v) is 11.7. The van der Waals surface area contributed by atoms with Gasteiger partial charge in [-0.1, -0.05) is 220 Å². The van der Waals surface area contributed by atoms with Gasteiger partial charge in [-0.3, -0.25) is 0 Å². The highest BCUT2D eigenvalue weighted by molar-refractivity contribution is 5.95. The Hall–Kier alpha value is -8.74. The van der Waals surface area contributed by atoms with Gasteiger partial charge in [0.15, 0.2) is 0 Å². The maximum absolute atomic E-state index is 3.48. The van der Waals surface area contributed by atoms with Gasteiger partial charge in [-0.25, -0.2) is 0 Å². The number of nitrogens with zero attached hydrogens (tertiary/aromatic N) is 1. The minimum atomic E-state index is -0.561. The highest BCUT2D eigenvalue weighted by Gasteiger charge is 2.48. The molecule has 0 fully saturated rings. The lowest BCUT2D eigenvalue weighted by molar-refractivity contribution is 0.660. The van der Waals surface area contributed by atoms with Gasteiger partial charge in [-0.15, -0.1) is 5.73 Å². The molecule has 0 spiro atoms. The van der Waals surface area contributed by atoms with Crippen LogP contribution in [0.25, 0.3) is 61.2 Å². The predicted octanol–water partition coefficient (Wildman–Crippen LogP) is 19.0. The van der Waals surface area contributed by atoms with Crippen molar-refractivity contribution in [2.24, 2.45) is 0 Å². The Labute approximate surface area is 425 Å². The molecule has 0 heterocycles. The van der Waals surface area contributed by atoms with Crippen molar-refractivity contribution in [3.63, 3.8) is 0 Å². The van der Waals surface area contributed by atoms with Crippen molar-refractivity contribution in [2.45, 2.75) is 38.5 Å². The normalized spacial score (nSPS) is 15.9. The number of hydrogen-bond acceptors (Lipinski definition) is 1. The van der Waals surface area contributed by atoms with Crippen molar-refractivity contribution in [3.05, 3.63) is 306 Å². The maximum atomic E-state index is 3.48. The SMILES string of the molecule is C/C=C\C=C(/C)c1cccc2c1-c1ccc(-c3ccc(-c4ccc(N(c5ccc(-c6ccccc6)cc5)c5ccc6c(c5)C(C)(C)c5ccccc5-6)cc4)cc3)cc1C2(C1=CC=CC=C=C1)c1ccccc1. The molecule has 344 valence electrons. The van der Waals surface area contributed by atoms with Gasteiger partial charge in [-0.2, -0.15) is 0 Å². The van der Waals surface area contributed by atoms with E-state index in [1.807, 2.05) is 6.08 Å². The summed E-state index contributed by atoms with van der Waals surface area (Å²) in [7, 11) is 0. The molecule has 3 aliphatic carbocycles. The Bertz CT molecular complexity index is 3720. The summed E-state index contributed by atoms with van der Waals surface area (Å²) in [6, 6.07) is 78.7. The van der Waals surface area contributed by atoms with Gasteiger partial charge in [0.05, 0.1) is 5.41 Å². The molecule has 0 aromatic heterocycles. The highest BCUT2D eigenvalue weighted by atomic mass is 15.1. The second-order valence-corrected chi connectivity index (χ2v) is 19.7. The van der Waals surface area contributed by atoms with E-state index in [0.29, 0.717) is 0 Å². The smallest absolute Gasteiger partial charge is 0.0719 e. The monoisotopic (exact) mass is 921 g/mol. The summed E-state index contributed by atoms with van der Waals surface area (Å²) in [6.07, 6.45) is 17.1. The minimum absolute atomic E-state index is 0.109. The van der Waals surface area contributed by atoms with Crippen LogP contribution in [-0.4, -0.2) is 0 Å². The third kappa shape index (κ3) is 7.41. The van der Waals surface area contributed by atoms with Crippen molar-refractivity contribution in [1.29, 1.82) is 0 Å². The van der Waals surface area contributed by atoms with Gasteiger partial charge in [0, 0.05) is 22.5 Å². The third-order valence-corrected chi connectivity index (χ3v) is 15.3.